The highest BCUT2D eigenvalue weighted by Crippen LogP contribution is 2.43. The number of para-hydroxylation sites is 1. The van der Waals surface area contributed by atoms with E-state index in [1.807, 2.05) is 54.3 Å². The normalized spacial score (nSPS) is 17.9. The summed E-state index contributed by atoms with van der Waals surface area (Å²) < 4.78 is 16.9. The lowest BCUT2D eigenvalue weighted by Crippen LogP contribution is -2.39. The number of methoxy groups -OCH3 is 2. The van der Waals surface area contributed by atoms with Crippen LogP contribution in [0.25, 0.3) is 0 Å². The van der Waals surface area contributed by atoms with Crippen LogP contribution in [0.15, 0.2) is 42.5 Å². The van der Waals surface area contributed by atoms with Crippen LogP contribution in [0.3, 0.4) is 0 Å². The number of benzene rings is 2. The Balaban J connectivity index is 2.17. The van der Waals surface area contributed by atoms with Gasteiger partial charge in [0.25, 0.3) is 0 Å². The van der Waals surface area contributed by atoms with Gasteiger partial charge in [-0.15, -0.1) is 0 Å². The van der Waals surface area contributed by atoms with Crippen LogP contribution in [0.4, 0.5) is 0 Å². The highest BCUT2D eigenvalue weighted by Gasteiger charge is 2.39. The number of carboxylic acids is 1. The Labute approximate surface area is 165 Å². The zero-order valence-electron chi connectivity index (χ0n) is 16.6. The molecule has 150 valence electrons. The van der Waals surface area contributed by atoms with Crippen molar-refractivity contribution in [2.45, 2.75) is 31.8 Å². The van der Waals surface area contributed by atoms with Gasteiger partial charge in [-0.1, -0.05) is 18.2 Å². The molecule has 0 saturated carbocycles. The van der Waals surface area contributed by atoms with E-state index in [-0.39, 0.29) is 6.04 Å². The van der Waals surface area contributed by atoms with Gasteiger partial charge in [0.1, 0.15) is 23.3 Å². The van der Waals surface area contributed by atoms with E-state index in [4.69, 9.17) is 14.2 Å². The van der Waals surface area contributed by atoms with Crippen LogP contribution in [0.2, 0.25) is 0 Å². The molecule has 0 bridgehead atoms. The molecule has 28 heavy (non-hydrogen) atoms. The zero-order valence-corrected chi connectivity index (χ0v) is 16.6. The molecule has 3 rings (SSSR count). The minimum Gasteiger partial charge on any atom is -0.497 e. The summed E-state index contributed by atoms with van der Waals surface area (Å²) in [6.07, 6.45) is 1.46. The molecular formula is C22H27NO5. The predicted octanol–water partition coefficient (Wildman–Crippen LogP) is 3.74. The summed E-state index contributed by atoms with van der Waals surface area (Å²) in [4.78, 5) is 14.0. The molecule has 0 aromatic heterocycles. The Morgan fingerprint density at radius 2 is 1.89 bits per heavy atom. The van der Waals surface area contributed by atoms with Crippen LogP contribution in [0.1, 0.15) is 36.9 Å². The number of carbonyl (C=O) groups is 1. The molecule has 6 nitrogen and oxygen atoms in total. The third-order valence-electron chi connectivity index (χ3n) is 5.16. The maximum atomic E-state index is 11.9. The number of hydrogen-bond acceptors (Lipinski definition) is 5. The Kier molecular flexibility index (Phi) is 6.41. The average molecular weight is 385 g/mol. The summed E-state index contributed by atoms with van der Waals surface area (Å²) in [5, 5.41) is 9.78. The Morgan fingerprint density at radius 1 is 1.14 bits per heavy atom. The van der Waals surface area contributed by atoms with Gasteiger partial charge in [-0.05, 0) is 38.0 Å². The first-order valence-corrected chi connectivity index (χ1v) is 9.52. The first kappa shape index (κ1) is 20.0. The van der Waals surface area contributed by atoms with Gasteiger partial charge in [0.15, 0.2) is 0 Å². The van der Waals surface area contributed by atoms with E-state index in [2.05, 4.69) is 0 Å². The van der Waals surface area contributed by atoms with Crippen LogP contribution >= 0.6 is 0 Å². The summed E-state index contributed by atoms with van der Waals surface area (Å²) in [7, 11) is 3.22. The lowest BCUT2D eigenvalue weighted by molar-refractivity contribution is -0.142. The highest BCUT2D eigenvalue weighted by molar-refractivity contribution is 5.74. The molecule has 1 aliphatic heterocycles. The van der Waals surface area contributed by atoms with Crippen LogP contribution in [0, 0.1) is 0 Å². The number of carboxylic acid groups (broad SMARTS) is 1. The van der Waals surface area contributed by atoms with Crippen LogP contribution in [0.5, 0.6) is 17.2 Å². The minimum absolute atomic E-state index is 0.299. The molecule has 6 heteroatoms. The van der Waals surface area contributed by atoms with Gasteiger partial charge < -0.3 is 19.3 Å². The number of rotatable bonds is 8. The molecule has 1 fully saturated rings. The summed E-state index contributed by atoms with van der Waals surface area (Å²) in [6, 6.07) is 12.6. The maximum Gasteiger partial charge on any atom is 0.320 e. The van der Waals surface area contributed by atoms with E-state index in [1.165, 1.54) is 0 Å². The van der Waals surface area contributed by atoms with Crippen LogP contribution in [-0.4, -0.2) is 49.4 Å². The van der Waals surface area contributed by atoms with Gasteiger partial charge in [0, 0.05) is 23.7 Å². The van der Waals surface area contributed by atoms with Gasteiger partial charge >= 0.3 is 5.97 Å². The number of ether oxygens (including phenoxy) is 3. The van der Waals surface area contributed by atoms with Crippen molar-refractivity contribution in [3.63, 3.8) is 0 Å². The summed E-state index contributed by atoms with van der Waals surface area (Å²) >= 11 is 0. The van der Waals surface area contributed by atoms with E-state index < -0.39 is 12.0 Å². The molecule has 2 aromatic carbocycles. The molecule has 1 heterocycles. The topological polar surface area (TPSA) is 68.2 Å². The predicted molar refractivity (Wildman–Crippen MR) is 106 cm³/mol. The minimum atomic E-state index is -0.802. The third-order valence-corrected chi connectivity index (χ3v) is 5.16. The lowest BCUT2D eigenvalue weighted by atomic mass is 9.94. The number of nitrogens with zero attached hydrogens (tertiary/aromatic N) is 1. The fourth-order valence-corrected chi connectivity index (χ4v) is 3.93. The Bertz CT molecular complexity index is 822. The standard InChI is InChI=1S/C22H27NO5/c1-4-28-19-10-6-5-8-16(19)21(23-13-7-9-18(23)22(24)25)17-12-11-15(26-2)14-20(17)27-3/h5-6,8,10-12,14,18,21H,4,7,9,13H2,1-3H3,(H,24,25). The van der Waals surface area contributed by atoms with Gasteiger partial charge in [0.05, 0.1) is 26.9 Å². The Morgan fingerprint density at radius 3 is 2.57 bits per heavy atom. The molecule has 0 spiro atoms. The third kappa shape index (κ3) is 3.92. The largest absolute Gasteiger partial charge is 0.497 e. The second-order valence-electron chi connectivity index (χ2n) is 6.72. The van der Waals surface area contributed by atoms with Crippen molar-refractivity contribution in [3.8, 4) is 17.2 Å². The van der Waals surface area contributed by atoms with E-state index in [0.29, 0.717) is 31.1 Å². The first-order valence-electron chi connectivity index (χ1n) is 9.52. The lowest BCUT2D eigenvalue weighted by Gasteiger charge is -2.33. The monoisotopic (exact) mass is 385 g/mol. The average Bonchev–Trinajstić information content (AvgIpc) is 3.19. The molecule has 1 N–H and O–H groups in total. The van der Waals surface area contributed by atoms with Crippen molar-refractivity contribution in [3.05, 3.63) is 53.6 Å². The number of likely N-dealkylation sites (tertiary alicyclic amines) is 1. The zero-order chi connectivity index (χ0) is 20.1. The molecule has 1 aliphatic rings. The van der Waals surface area contributed by atoms with Crippen molar-refractivity contribution < 1.29 is 24.1 Å². The summed E-state index contributed by atoms with van der Waals surface area (Å²) in [5.74, 6) is 1.30. The van der Waals surface area contributed by atoms with E-state index in [9.17, 15) is 9.90 Å². The van der Waals surface area contributed by atoms with E-state index in [1.54, 1.807) is 14.2 Å². The molecule has 2 unspecified atom stereocenters. The SMILES string of the molecule is CCOc1ccccc1C(c1ccc(OC)cc1OC)N1CCCC1C(=O)O. The van der Waals surface area contributed by atoms with Gasteiger partial charge in [0.2, 0.25) is 0 Å². The summed E-state index contributed by atoms with van der Waals surface area (Å²) in [6.45, 7) is 3.17. The van der Waals surface area contributed by atoms with Gasteiger partial charge in [-0.3, -0.25) is 9.69 Å². The first-order chi connectivity index (χ1) is 13.6. The fraction of sp³-hybridized carbons (Fsp3) is 0.409. The molecule has 0 radical (unpaired) electrons. The maximum absolute atomic E-state index is 11.9. The van der Waals surface area contributed by atoms with Crippen molar-refractivity contribution in [2.75, 3.05) is 27.4 Å². The van der Waals surface area contributed by atoms with Crippen molar-refractivity contribution >= 4 is 5.97 Å². The summed E-state index contributed by atoms with van der Waals surface area (Å²) in [5.41, 5.74) is 1.82. The smallest absolute Gasteiger partial charge is 0.320 e. The van der Waals surface area contributed by atoms with E-state index >= 15 is 0 Å². The molecule has 2 atom stereocenters. The number of hydrogen-bond donors (Lipinski definition) is 1. The van der Waals surface area contributed by atoms with Crippen LogP contribution in [-0.2, 0) is 4.79 Å². The van der Waals surface area contributed by atoms with Gasteiger partial charge in [-0.25, -0.2) is 0 Å². The molecule has 1 saturated heterocycles. The second-order valence-corrected chi connectivity index (χ2v) is 6.72. The van der Waals surface area contributed by atoms with Crippen LogP contribution < -0.4 is 14.2 Å². The van der Waals surface area contributed by atoms with Gasteiger partial charge in [-0.2, -0.15) is 0 Å². The molecule has 0 amide bonds. The van der Waals surface area contributed by atoms with Crippen molar-refractivity contribution in [2.24, 2.45) is 0 Å². The quantitative estimate of drug-likeness (QED) is 0.747. The molecule has 0 aliphatic carbocycles. The molecular weight excluding hydrogens is 358 g/mol. The van der Waals surface area contributed by atoms with E-state index in [0.717, 1.165) is 23.3 Å². The van der Waals surface area contributed by atoms with Crippen molar-refractivity contribution in [1.29, 1.82) is 0 Å². The fourth-order valence-electron chi connectivity index (χ4n) is 3.93. The number of aliphatic carboxylic acids is 1. The molecule has 2 aromatic rings. The highest BCUT2D eigenvalue weighted by atomic mass is 16.5. The second kappa shape index (κ2) is 8.97. The Hall–Kier alpha value is -2.73. The van der Waals surface area contributed by atoms with Crippen molar-refractivity contribution in [1.82, 2.24) is 4.90 Å².